The highest BCUT2D eigenvalue weighted by atomic mass is 32.2. The second-order valence-corrected chi connectivity index (χ2v) is 18.0. The van der Waals surface area contributed by atoms with Crippen molar-refractivity contribution in [2.75, 3.05) is 33.4 Å². The number of fused-ring (bicyclic) bond motifs is 2. The first-order valence-corrected chi connectivity index (χ1v) is 21.1. The molecule has 288 valence electrons. The number of thiazole rings is 1. The minimum Gasteiger partial charge on any atom is -0.455 e. The summed E-state index contributed by atoms with van der Waals surface area (Å²) in [5, 5.41) is 4.90. The number of amides is 2. The quantitative estimate of drug-likeness (QED) is 0.195. The molecule has 2 N–H and O–H groups in total. The first-order valence-electron chi connectivity index (χ1n) is 18.4. The van der Waals surface area contributed by atoms with Gasteiger partial charge in [0, 0.05) is 56.7 Å². The van der Waals surface area contributed by atoms with E-state index in [0.717, 1.165) is 44.0 Å². The maximum Gasteiger partial charge on any atom is 0.303 e. The van der Waals surface area contributed by atoms with Gasteiger partial charge in [0.2, 0.25) is 15.9 Å². The Kier molecular flexibility index (Phi) is 14.2. The van der Waals surface area contributed by atoms with Gasteiger partial charge in [0.25, 0.3) is 5.91 Å². The molecule has 2 amide bonds. The Morgan fingerprint density at radius 2 is 1.81 bits per heavy atom. The summed E-state index contributed by atoms with van der Waals surface area (Å²) in [5.74, 6) is -0.867. The highest BCUT2D eigenvalue weighted by molar-refractivity contribution is 7.88. The molecule has 1 saturated carbocycles. The number of hydrogen-bond donors (Lipinski definition) is 2. The van der Waals surface area contributed by atoms with Crippen molar-refractivity contribution in [3.05, 3.63) is 52.0 Å². The molecule has 5 atom stereocenters. The summed E-state index contributed by atoms with van der Waals surface area (Å²) >= 11 is 1.18. The van der Waals surface area contributed by atoms with E-state index in [1.165, 1.54) is 18.3 Å². The predicted octanol–water partition coefficient (Wildman–Crippen LogP) is 4.62. The molecule has 2 aliphatic heterocycles. The number of benzene rings is 1. The van der Waals surface area contributed by atoms with Crippen molar-refractivity contribution in [2.24, 2.45) is 23.7 Å². The van der Waals surface area contributed by atoms with Gasteiger partial charge in [0.15, 0.2) is 11.9 Å². The SMILES string of the molecule is CC[C@H](C)[C@H](CC(=O)C12CC(CCN1C)C2)C(=O)N(C)[C@H](C[C@@H](OC(C)=O)c1nc(C(=O)N[C@H](CNS(C)(=O)=O)Cc2ccccc2)cs1)C(C)C. The fourth-order valence-corrected chi connectivity index (χ4v) is 9.04. The summed E-state index contributed by atoms with van der Waals surface area (Å²) < 4.78 is 31.9. The summed E-state index contributed by atoms with van der Waals surface area (Å²) in [6, 6.07) is 8.51. The number of hydrogen-bond acceptors (Lipinski definition) is 10. The number of sulfonamides is 1. The molecule has 2 bridgehead atoms. The standard InChI is InChI=1S/C38H57N5O7S2/c1-9-25(4)30(18-34(45)38-20-28(21-38)15-16-42(38)6)37(47)43(7)32(24(2)3)19-33(50-26(5)44)36-41-31(23-51-36)35(46)40-29(22-39-52(8,48)49)17-27-13-11-10-12-14-27/h10-14,23-25,28-30,32-33,39H,9,15-22H2,1-8H3,(H,40,46)/t25-,28?,29-,30-,32+,33+,38?/m0/s1. The van der Waals surface area contributed by atoms with Gasteiger partial charge in [0.05, 0.1) is 11.8 Å². The molecular formula is C38H57N5O7S2. The summed E-state index contributed by atoms with van der Waals surface area (Å²) in [5.41, 5.74) is 0.583. The molecule has 5 rings (SSSR count). The Hall–Kier alpha value is -3.20. The van der Waals surface area contributed by atoms with Crippen LogP contribution in [-0.2, 0) is 35.6 Å². The Labute approximate surface area is 313 Å². The lowest BCUT2D eigenvalue weighted by atomic mass is 9.59. The highest BCUT2D eigenvalue weighted by Crippen LogP contribution is 2.49. The molecule has 1 aromatic carbocycles. The third-order valence-corrected chi connectivity index (χ3v) is 12.7. The molecule has 12 nitrogen and oxygen atoms in total. The van der Waals surface area contributed by atoms with E-state index in [1.807, 2.05) is 65.1 Å². The van der Waals surface area contributed by atoms with Crippen molar-refractivity contribution < 1.29 is 32.3 Å². The van der Waals surface area contributed by atoms with Crippen LogP contribution >= 0.6 is 11.3 Å². The van der Waals surface area contributed by atoms with Crippen LogP contribution in [0.1, 0.15) is 100 Å². The number of carbonyl (C=O) groups is 4. The third-order valence-electron chi connectivity index (χ3n) is 11.1. The van der Waals surface area contributed by atoms with E-state index in [0.29, 0.717) is 17.3 Å². The van der Waals surface area contributed by atoms with Crippen LogP contribution in [0.25, 0.3) is 0 Å². The molecule has 0 spiro atoms. The zero-order valence-electron chi connectivity index (χ0n) is 31.9. The lowest BCUT2D eigenvalue weighted by molar-refractivity contribution is -0.154. The van der Waals surface area contributed by atoms with Crippen LogP contribution in [-0.4, -0.2) is 97.8 Å². The number of nitrogens with one attached hydrogen (secondary N) is 2. The van der Waals surface area contributed by atoms with E-state index in [1.54, 1.807) is 17.3 Å². The summed E-state index contributed by atoms with van der Waals surface area (Å²) in [6.07, 6.45) is 4.69. The largest absolute Gasteiger partial charge is 0.455 e. The van der Waals surface area contributed by atoms with Crippen molar-refractivity contribution in [2.45, 2.75) is 103 Å². The molecule has 52 heavy (non-hydrogen) atoms. The van der Waals surface area contributed by atoms with Crippen molar-refractivity contribution in [1.29, 1.82) is 0 Å². The van der Waals surface area contributed by atoms with Crippen LogP contribution in [0.3, 0.4) is 0 Å². The fraction of sp³-hybridized carbons (Fsp3) is 0.658. The topological polar surface area (TPSA) is 155 Å². The van der Waals surface area contributed by atoms with Gasteiger partial charge < -0.3 is 15.0 Å². The monoisotopic (exact) mass is 759 g/mol. The molecule has 2 aromatic rings. The van der Waals surface area contributed by atoms with Crippen molar-refractivity contribution in [3.63, 3.8) is 0 Å². The lowest BCUT2D eigenvalue weighted by Crippen LogP contribution is -2.65. The molecule has 2 saturated heterocycles. The maximum atomic E-state index is 14.3. The van der Waals surface area contributed by atoms with Crippen molar-refractivity contribution >= 4 is 44.9 Å². The summed E-state index contributed by atoms with van der Waals surface area (Å²) in [4.78, 5) is 62.5. The van der Waals surface area contributed by atoms with Gasteiger partial charge in [-0.3, -0.25) is 24.1 Å². The first-order chi connectivity index (χ1) is 24.4. The second kappa shape index (κ2) is 17.7. The normalized spacial score (nSPS) is 21.7. The number of piperidine rings is 2. The number of rotatable bonds is 19. The Morgan fingerprint density at radius 3 is 2.38 bits per heavy atom. The Bertz CT molecular complexity index is 1660. The molecule has 0 unspecified atom stereocenters. The van der Waals surface area contributed by atoms with Crippen LogP contribution in [0.2, 0.25) is 0 Å². The van der Waals surface area contributed by atoms with E-state index in [4.69, 9.17) is 4.74 Å². The minimum atomic E-state index is -3.50. The maximum absolute atomic E-state index is 14.3. The number of Topliss-reactive ketones (excluding diaryl/α,β-unsaturated/α-hetero) is 1. The average molecular weight is 760 g/mol. The predicted molar refractivity (Wildman–Crippen MR) is 202 cm³/mol. The molecular weight excluding hydrogens is 703 g/mol. The van der Waals surface area contributed by atoms with Gasteiger partial charge in [-0.05, 0) is 62.6 Å². The minimum absolute atomic E-state index is 0.00414. The van der Waals surface area contributed by atoms with Gasteiger partial charge in [-0.1, -0.05) is 64.4 Å². The van der Waals surface area contributed by atoms with Crippen LogP contribution in [0.5, 0.6) is 0 Å². The molecule has 3 aliphatic rings. The van der Waals surface area contributed by atoms with Gasteiger partial charge in [-0.2, -0.15) is 0 Å². The lowest BCUT2D eigenvalue weighted by Gasteiger charge is -2.57. The third kappa shape index (κ3) is 10.5. The van der Waals surface area contributed by atoms with Gasteiger partial charge in [-0.15, -0.1) is 11.3 Å². The van der Waals surface area contributed by atoms with Crippen molar-refractivity contribution in [3.8, 4) is 0 Å². The van der Waals surface area contributed by atoms with Gasteiger partial charge in [-0.25, -0.2) is 18.1 Å². The smallest absolute Gasteiger partial charge is 0.303 e. The number of nitrogens with zero attached hydrogens (tertiary/aromatic N) is 3. The molecule has 14 heteroatoms. The van der Waals surface area contributed by atoms with E-state index in [-0.39, 0.29) is 54.6 Å². The van der Waals surface area contributed by atoms with Crippen molar-refractivity contribution in [1.82, 2.24) is 24.8 Å². The zero-order chi connectivity index (χ0) is 38.4. The van der Waals surface area contributed by atoms with E-state index in [9.17, 15) is 27.6 Å². The number of esters is 1. The number of likely N-dealkylation sites (N-methyl/N-ethyl adjacent to an activating group) is 1. The number of aromatic nitrogens is 1. The van der Waals surface area contributed by atoms with E-state index >= 15 is 0 Å². The summed E-state index contributed by atoms with van der Waals surface area (Å²) in [6.45, 7) is 10.3. The van der Waals surface area contributed by atoms with Crippen LogP contribution in [0, 0.1) is 23.7 Å². The van der Waals surface area contributed by atoms with Crippen LogP contribution in [0.4, 0.5) is 0 Å². The van der Waals surface area contributed by atoms with Gasteiger partial charge in [0.1, 0.15) is 10.7 Å². The number of ketones is 1. The number of ether oxygens (including phenoxy) is 1. The van der Waals surface area contributed by atoms with E-state index in [2.05, 4.69) is 19.9 Å². The molecule has 3 heterocycles. The van der Waals surface area contributed by atoms with Crippen LogP contribution in [0.15, 0.2) is 35.7 Å². The van der Waals surface area contributed by atoms with Crippen LogP contribution < -0.4 is 10.0 Å². The molecule has 1 aliphatic carbocycles. The fourth-order valence-electron chi connectivity index (χ4n) is 7.69. The summed E-state index contributed by atoms with van der Waals surface area (Å²) in [7, 11) is 0.289. The average Bonchev–Trinajstić information content (AvgIpc) is 3.57. The molecule has 3 fully saturated rings. The van der Waals surface area contributed by atoms with E-state index < -0.39 is 45.5 Å². The Morgan fingerprint density at radius 1 is 1.13 bits per heavy atom. The molecule has 0 radical (unpaired) electrons. The number of carbonyl (C=O) groups excluding carboxylic acids is 4. The first kappa shape index (κ1) is 41.6. The second-order valence-electron chi connectivity index (χ2n) is 15.3. The van der Waals surface area contributed by atoms with Gasteiger partial charge >= 0.3 is 5.97 Å². The highest BCUT2D eigenvalue weighted by Gasteiger charge is 2.55. The zero-order valence-corrected chi connectivity index (χ0v) is 33.5. The Balaban J connectivity index is 1.51. The molecule has 1 aromatic heterocycles.